The van der Waals surface area contributed by atoms with Crippen molar-refractivity contribution in [1.82, 2.24) is 14.5 Å². The maximum Gasteiger partial charge on any atom is 0.311 e. The smallest absolute Gasteiger partial charge is 0.311 e. The van der Waals surface area contributed by atoms with Gasteiger partial charge in [-0.3, -0.25) is 14.4 Å². The lowest BCUT2D eigenvalue weighted by molar-refractivity contribution is -0.163. The second-order valence-corrected chi connectivity index (χ2v) is 13.1. The van der Waals surface area contributed by atoms with E-state index in [-0.39, 0.29) is 36.3 Å². The lowest BCUT2D eigenvalue weighted by Gasteiger charge is -2.36. The van der Waals surface area contributed by atoms with Gasteiger partial charge in [-0.05, 0) is 82.0 Å². The fourth-order valence-corrected chi connectivity index (χ4v) is 6.40. The molecular formula is C27H34ClN3O6S. The molecule has 2 saturated heterocycles. The SMILES string of the molecule is C[C@@H](C(=O)N1CCCC(C(=O)OC(C)(C)C)C1)N1CC[C@H](NS(=O)(=O)c2ccc3cc(Cl)ccc3c2)C1=O. The van der Waals surface area contributed by atoms with Gasteiger partial charge in [0.05, 0.1) is 10.8 Å². The van der Waals surface area contributed by atoms with E-state index in [2.05, 4.69) is 4.72 Å². The van der Waals surface area contributed by atoms with Gasteiger partial charge in [0.25, 0.3) is 0 Å². The van der Waals surface area contributed by atoms with E-state index in [1.165, 1.54) is 17.0 Å². The number of sulfonamides is 1. The normalized spacial score (nSPS) is 21.6. The highest BCUT2D eigenvalue weighted by Gasteiger charge is 2.41. The molecule has 3 atom stereocenters. The summed E-state index contributed by atoms with van der Waals surface area (Å²) in [5.41, 5.74) is -0.610. The van der Waals surface area contributed by atoms with Gasteiger partial charge in [-0.1, -0.05) is 23.7 Å². The van der Waals surface area contributed by atoms with Gasteiger partial charge in [-0.15, -0.1) is 0 Å². The minimum Gasteiger partial charge on any atom is -0.460 e. The minimum atomic E-state index is -3.98. The summed E-state index contributed by atoms with van der Waals surface area (Å²) < 4.78 is 34.2. The van der Waals surface area contributed by atoms with E-state index >= 15 is 0 Å². The van der Waals surface area contributed by atoms with Crippen molar-refractivity contribution in [1.29, 1.82) is 0 Å². The summed E-state index contributed by atoms with van der Waals surface area (Å²) in [6.45, 7) is 8.04. The van der Waals surface area contributed by atoms with Crippen LogP contribution < -0.4 is 4.72 Å². The minimum absolute atomic E-state index is 0.0456. The molecule has 0 spiro atoms. The third-order valence-corrected chi connectivity index (χ3v) is 8.62. The first-order valence-corrected chi connectivity index (χ1v) is 14.6. The van der Waals surface area contributed by atoms with Crippen molar-refractivity contribution < 1.29 is 27.5 Å². The van der Waals surface area contributed by atoms with E-state index in [4.69, 9.17) is 16.3 Å². The first-order chi connectivity index (χ1) is 17.7. The van der Waals surface area contributed by atoms with Crippen LogP contribution in [0, 0.1) is 5.92 Å². The molecule has 0 radical (unpaired) electrons. The van der Waals surface area contributed by atoms with Crippen molar-refractivity contribution in [2.75, 3.05) is 19.6 Å². The standard InChI is InChI=1S/C27H34ClN3O6S/c1-17(24(32)30-12-5-6-20(16-30)26(34)37-27(2,3)4)31-13-11-23(25(31)33)29-38(35,36)22-10-8-18-14-21(28)9-7-19(18)15-22/h7-10,14-15,17,20,23,29H,5-6,11-13,16H2,1-4H3/t17-,20?,23-/m0/s1. The fraction of sp³-hybridized carbons (Fsp3) is 0.519. The molecule has 2 aromatic rings. The largest absolute Gasteiger partial charge is 0.460 e. The van der Waals surface area contributed by atoms with Gasteiger partial charge in [0.1, 0.15) is 17.7 Å². The predicted octanol–water partition coefficient (Wildman–Crippen LogP) is 3.34. The number of rotatable bonds is 6. The number of likely N-dealkylation sites (tertiary alicyclic amines) is 2. The highest BCUT2D eigenvalue weighted by molar-refractivity contribution is 7.89. The molecule has 0 bridgehead atoms. The third kappa shape index (κ3) is 6.30. The molecule has 2 heterocycles. The van der Waals surface area contributed by atoms with Crippen molar-refractivity contribution in [3.05, 3.63) is 41.4 Å². The van der Waals surface area contributed by atoms with Crippen molar-refractivity contribution in [3.8, 4) is 0 Å². The van der Waals surface area contributed by atoms with E-state index in [0.29, 0.717) is 29.8 Å². The van der Waals surface area contributed by atoms with Crippen LogP contribution in [0.25, 0.3) is 10.8 Å². The van der Waals surface area contributed by atoms with Gasteiger partial charge >= 0.3 is 5.97 Å². The Morgan fingerprint density at radius 2 is 1.76 bits per heavy atom. The molecule has 1 unspecified atom stereocenters. The zero-order valence-electron chi connectivity index (χ0n) is 22.1. The number of benzene rings is 2. The molecule has 0 saturated carbocycles. The average molecular weight is 564 g/mol. The number of nitrogens with zero attached hydrogens (tertiary/aromatic N) is 2. The van der Waals surface area contributed by atoms with Crippen molar-refractivity contribution in [2.45, 2.75) is 69.5 Å². The summed E-state index contributed by atoms with van der Waals surface area (Å²) in [7, 11) is -3.98. The Bertz CT molecular complexity index is 1360. The Kier molecular flexibility index (Phi) is 8.07. The first-order valence-electron chi connectivity index (χ1n) is 12.8. The van der Waals surface area contributed by atoms with E-state index < -0.39 is 39.5 Å². The summed E-state index contributed by atoms with van der Waals surface area (Å²) in [6, 6.07) is 8.10. The van der Waals surface area contributed by atoms with Crippen LogP contribution in [0.2, 0.25) is 5.02 Å². The molecule has 1 N–H and O–H groups in total. The van der Waals surface area contributed by atoms with E-state index in [0.717, 1.165) is 5.39 Å². The number of carbonyl (C=O) groups is 3. The van der Waals surface area contributed by atoms with Crippen LogP contribution in [0.3, 0.4) is 0 Å². The molecule has 11 heteroatoms. The van der Waals surface area contributed by atoms with Crippen molar-refractivity contribution in [2.24, 2.45) is 5.92 Å². The zero-order valence-corrected chi connectivity index (χ0v) is 23.6. The molecule has 2 aromatic carbocycles. The van der Waals surface area contributed by atoms with Crippen LogP contribution >= 0.6 is 11.6 Å². The number of hydrogen-bond donors (Lipinski definition) is 1. The quantitative estimate of drug-likeness (QED) is 0.539. The highest BCUT2D eigenvalue weighted by Crippen LogP contribution is 2.26. The predicted molar refractivity (Wildman–Crippen MR) is 144 cm³/mol. The monoisotopic (exact) mass is 563 g/mol. The van der Waals surface area contributed by atoms with Crippen molar-refractivity contribution in [3.63, 3.8) is 0 Å². The summed E-state index contributed by atoms with van der Waals surface area (Å²) in [5.74, 6) is -1.44. The average Bonchev–Trinajstić information content (AvgIpc) is 3.20. The number of piperidine rings is 1. The van der Waals surface area contributed by atoms with Crippen LogP contribution in [0.5, 0.6) is 0 Å². The second-order valence-electron chi connectivity index (χ2n) is 11.0. The summed E-state index contributed by atoms with van der Waals surface area (Å²) >= 11 is 6.01. The molecule has 2 fully saturated rings. The number of carbonyl (C=O) groups excluding carboxylic acids is 3. The number of hydrogen-bond acceptors (Lipinski definition) is 6. The molecular weight excluding hydrogens is 530 g/mol. The number of halogens is 1. The Morgan fingerprint density at radius 1 is 1.08 bits per heavy atom. The zero-order chi connectivity index (χ0) is 27.8. The Labute approximate surface area is 228 Å². The number of esters is 1. The molecule has 206 valence electrons. The molecule has 2 aliphatic heterocycles. The van der Waals surface area contributed by atoms with Crippen LogP contribution in [-0.4, -0.2) is 73.3 Å². The molecule has 0 aliphatic carbocycles. The molecule has 2 amide bonds. The van der Waals surface area contributed by atoms with E-state index in [1.54, 1.807) is 56.9 Å². The van der Waals surface area contributed by atoms with Crippen LogP contribution in [-0.2, 0) is 29.1 Å². The molecule has 2 aliphatic rings. The summed E-state index contributed by atoms with van der Waals surface area (Å²) in [6.07, 6.45) is 1.55. The molecule has 38 heavy (non-hydrogen) atoms. The molecule has 0 aromatic heterocycles. The first kappa shape index (κ1) is 28.3. The summed E-state index contributed by atoms with van der Waals surface area (Å²) in [5, 5.41) is 2.07. The van der Waals surface area contributed by atoms with Crippen molar-refractivity contribution >= 4 is 50.2 Å². The van der Waals surface area contributed by atoms with Gasteiger partial charge in [0.2, 0.25) is 21.8 Å². The third-order valence-electron chi connectivity index (χ3n) is 6.92. The van der Waals surface area contributed by atoms with Crippen LogP contribution in [0.1, 0.15) is 47.0 Å². The Morgan fingerprint density at radius 3 is 2.47 bits per heavy atom. The Hall–Kier alpha value is -2.69. The molecule has 9 nitrogen and oxygen atoms in total. The van der Waals surface area contributed by atoms with Crippen LogP contribution in [0.15, 0.2) is 41.3 Å². The highest BCUT2D eigenvalue weighted by atomic mass is 35.5. The maximum absolute atomic E-state index is 13.3. The lowest BCUT2D eigenvalue weighted by atomic mass is 9.97. The number of ether oxygens (including phenoxy) is 1. The van der Waals surface area contributed by atoms with Gasteiger partial charge in [0.15, 0.2) is 0 Å². The lowest BCUT2D eigenvalue weighted by Crippen LogP contribution is -2.53. The van der Waals surface area contributed by atoms with E-state index in [1.807, 2.05) is 0 Å². The summed E-state index contributed by atoms with van der Waals surface area (Å²) in [4.78, 5) is 42.0. The van der Waals surface area contributed by atoms with Gasteiger partial charge in [0, 0.05) is 24.7 Å². The number of amides is 2. The van der Waals surface area contributed by atoms with E-state index in [9.17, 15) is 22.8 Å². The molecule has 4 rings (SSSR count). The fourth-order valence-electron chi connectivity index (χ4n) is 4.97. The number of nitrogens with one attached hydrogen (secondary N) is 1. The number of fused-ring (bicyclic) bond motifs is 1. The Balaban J connectivity index is 1.40. The van der Waals surface area contributed by atoms with Gasteiger partial charge in [-0.25, -0.2) is 8.42 Å². The van der Waals surface area contributed by atoms with Gasteiger partial charge < -0.3 is 14.5 Å². The van der Waals surface area contributed by atoms with Crippen LogP contribution in [0.4, 0.5) is 0 Å². The van der Waals surface area contributed by atoms with Gasteiger partial charge in [-0.2, -0.15) is 4.72 Å². The topological polar surface area (TPSA) is 113 Å². The maximum atomic E-state index is 13.3. The second kappa shape index (κ2) is 10.8.